The summed E-state index contributed by atoms with van der Waals surface area (Å²) in [6.45, 7) is 3.77. The predicted octanol–water partition coefficient (Wildman–Crippen LogP) is 0.122. The molecule has 0 saturated heterocycles. The molecule has 4 heteroatoms. The molecule has 3 N–H and O–H groups in total. The second-order valence-electron chi connectivity index (χ2n) is 3.04. The van der Waals surface area contributed by atoms with Crippen molar-refractivity contribution in [2.45, 2.75) is 19.8 Å². The van der Waals surface area contributed by atoms with Gasteiger partial charge in [-0.05, 0) is 32.4 Å². The van der Waals surface area contributed by atoms with Crippen molar-refractivity contribution in [3.05, 3.63) is 12.2 Å². The van der Waals surface area contributed by atoms with Crippen molar-refractivity contribution >= 4 is 5.91 Å². The molecule has 0 atom stereocenters. The van der Waals surface area contributed by atoms with E-state index in [2.05, 4.69) is 0 Å². The number of allylic oxidation sites excluding steroid dienone is 1. The van der Waals surface area contributed by atoms with Crippen molar-refractivity contribution in [3.8, 4) is 0 Å². The summed E-state index contributed by atoms with van der Waals surface area (Å²) in [5.41, 5.74) is 5.37. The maximum absolute atomic E-state index is 11.5. The van der Waals surface area contributed by atoms with Crippen LogP contribution in [0.25, 0.3) is 0 Å². The van der Waals surface area contributed by atoms with E-state index in [1.165, 1.54) is 6.08 Å². The first kappa shape index (κ1) is 13.1. The molecule has 0 aromatic rings. The van der Waals surface area contributed by atoms with Gasteiger partial charge in [0.05, 0.1) is 0 Å². The molecule has 0 aromatic heterocycles. The highest BCUT2D eigenvalue weighted by atomic mass is 16.3. The van der Waals surface area contributed by atoms with Gasteiger partial charge in [0.15, 0.2) is 0 Å². The van der Waals surface area contributed by atoms with Crippen molar-refractivity contribution in [1.82, 2.24) is 4.90 Å². The normalized spacial score (nSPS) is 10.8. The van der Waals surface area contributed by atoms with Gasteiger partial charge in [0.2, 0.25) is 5.91 Å². The lowest BCUT2D eigenvalue weighted by atomic mass is 10.3. The summed E-state index contributed by atoms with van der Waals surface area (Å²) in [4.78, 5) is 13.2. The molecule has 0 aliphatic heterocycles. The molecule has 0 unspecified atom stereocenters. The molecular weight excluding hydrogens is 180 g/mol. The molecule has 0 saturated carbocycles. The Morgan fingerprint density at radius 1 is 1.43 bits per heavy atom. The van der Waals surface area contributed by atoms with Gasteiger partial charge in [-0.2, -0.15) is 0 Å². The number of aliphatic hydroxyl groups excluding tert-OH is 1. The summed E-state index contributed by atoms with van der Waals surface area (Å²) >= 11 is 0. The molecular formula is C10H20N2O2. The largest absolute Gasteiger partial charge is 0.396 e. The molecule has 0 aliphatic rings. The van der Waals surface area contributed by atoms with E-state index < -0.39 is 0 Å². The first-order valence-electron chi connectivity index (χ1n) is 4.98. The minimum atomic E-state index is -0.00519. The fourth-order valence-electron chi connectivity index (χ4n) is 1.12. The number of nitrogens with zero attached hydrogens (tertiary/aromatic N) is 1. The van der Waals surface area contributed by atoms with Crippen LogP contribution in [-0.2, 0) is 4.79 Å². The van der Waals surface area contributed by atoms with Crippen LogP contribution in [0.3, 0.4) is 0 Å². The molecule has 0 rings (SSSR count). The minimum Gasteiger partial charge on any atom is -0.396 e. The Balaban J connectivity index is 4.01. The molecule has 0 aliphatic carbocycles. The SMILES string of the molecule is C/C=C\C(=O)N(CCCN)CCCO. The lowest BCUT2D eigenvalue weighted by Gasteiger charge is -2.20. The van der Waals surface area contributed by atoms with E-state index in [-0.39, 0.29) is 12.5 Å². The topological polar surface area (TPSA) is 66.6 Å². The third-order valence-electron chi connectivity index (χ3n) is 1.84. The summed E-state index contributed by atoms with van der Waals surface area (Å²) in [5.74, 6) is -0.00519. The highest BCUT2D eigenvalue weighted by Gasteiger charge is 2.08. The second-order valence-corrected chi connectivity index (χ2v) is 3.04. The number of rotatable bonds is 7. The van der Waals surface area contributed by atoms with Gasteiger partial charge in [0.25, 0.3) is 0 Å². The van der Waals surface area contributed by atoms with Crippen molar-refractivity contribution < 1.29 is 9.90 Å². The number of aliphatic hydroxyl groups is 1. The molecule has 0 fully saturated rings. The van der Waals surface area contributed by atoms with Crippen LogP contribution in [0.2, 0.25) is 0 Å². The number of hydrogen-bond donors (Lipinski definition) is 2. The molecule has 0 bridgehead atoms. The Hall–Kier alpha value is -0.870. The molecule has 0 heterocycles. The quantitative estimate of drug-likeness (QED) is 0.574. The lowest BCUT2D eigenvalue weighted by Crippen LogP contribution is -2.32. The molecule has 1 amide bonds. The van der Waals surface area contributed by atoms with E-state index in [9.17, 15) is 4.79 Å². The molecule has 4 nitrogen and oxygen atoms in total. The fourth-order valence-corrected chi connectivity index (χ4v) is 1.12. The maximum Gasteiger partial charge on any atom is 0.246 e. The van der Waals surface area contributed by atoms with E-state index in [0.717, 1.165) is 6.42 Å². The zero-order valence-corrected chi connectivity index (χ0v) is 8.78. The standard InChI is InChI=1S/C10H20N2O2/c1-2-5-10(14)12(7-3-6-11)8-4-9-13/h2,5,13H,3-4,6-9,11H2,1H3/b5-2-. The summed E-state index contributed by atoms with van der Waals surface area (Å²) in [6.07, 6.45) is 4.67. The van der Waals surface area contributed by atoms with Gasteiger partial charge in [-0.1, -0.05) is 6.08 Å². The van der Waals surface area contributed by atoms with E-state index in [1.807, 2.05) is 6.92 Å². The smallest absolute Gasteiger partial charge is 0.246 e. The van der Waals surface area contributed by atoms with Gasteiger partial charge in [-0.25, -0.2) is 0 Å². The Morgan fingerprint density at radius 3 is 2.57 bits per heavy atom. The van der Waals surface area contributed by atoms with Gasteiger partial charge in [0.1, 0.15) is 0 Å². The highest BCUT2D eigenvalue weighted by Crippen LogP contribution is 1.96. The Morgan fingerprint density at radius 2 is 2.07 bits per heavy atom. The summed E-state index contributed by atoms with van der Waals surface area (Å²) in [5, 5.41) is 8.67. The van der Waals surface area contributed by atoms with E-state index in [1.54, 1.807) is 11.0 Å². The van der Waals surface area contributed by atoms with Gasteiger partial charge in [-0.3, -0.25) is 4.79 Å². The van der Waals surface area contributed by atoms with Gasteiger partial charge < -0.3 is 15.7 Å². The van der Waals surface area contributed by atoms with Crippen LogP contribution in [-0.4, -0.2) is 42.2 Å². The monoisotopic (exact) mass is 200 g/mol. The van der Waals surface area contributed by atoms with Crippen molar-refractivity contribution in [1.29, 1.82) is 0 Å². The van der Waals surface area contributed by atoms with E-state index >= 15 is 0 Å². The highest BCUT2D eigenvalue weighted by molar-refractivity contribution is 5.87. The van der Waals surface area contributed by atoms with Crippen LogP contribution in [0.15, 0.2) is 12.2 Å². The zero-order chi connectivity index (χ0) is 10.8. The third-order valence-corrected chi connectivity index (χ3v) is 1.84. The number of nitrogens with two attached hydrogens (primary N) is 1. The molecule has 14 heavy (non-hydrogen) atoms. The fraction of sp³-hybridized carbons (Fsp3) is 0.700. The van der Waals surface area contributed by atoms with Crippen LogP contribution < -0.4 is 5.73 Å². The van der Waals surface area contributed by atoms with Crippen molar-refractivity contribution in [2.75, 3.05) is 26.2 Å². The van der Waals surface area contributed by atoms with Crippen LogP contribution in [0.5, 0.6) is 0 Å². The Labute approximate surface area is 85.4 Å². The number of hydrogen-bond acceptors (Lipinski definition) is 3. The van der Waals surface area contributed by atoms with Crippen LogP contribution in [0.1, 0.15) is 19.8 Å². The van der Waals surface area contributed by atoms with Crippen LogP contribution in [0.4, 0.5) is 0 Å². The maximum atomic E-state index is 11.5. The average Bonchev–Trinajstić information content (AvgIpc) is 2.18. The van der Waals surface area contributed by atoms with Crippen LogP contribution in [0, 0.1) is 0 Å². The molecule has 0 aromatic carbocycles. The molecule has 0 spiro atoms. The number of amides is 1. The Kier molecular flexibility index (Phi) is 8.17. The summed E-state index contributed by atoms with van der Waals surface area (Å²) in [6, 6.07) is 0. The third kappa shape index (κ3) is 5.72. The van der Waals surface area contributed by atoms with Crippen molar-refractivity contribution in [2.24, 2.45) is 5.73 Å². The van der Waals surface area contributed by atoms with Crippen molar-refractivity contribution in [3.63, 3.8) is 0 Å². The first-order chi connectivity index (χ1) is 6.76. The molecule has 82 valence electrons. The van der Waals surface area contributed by atoms with Crippen LogP contribution >= 0.6 is 0 Å². The Bertz CT molecular complexity index is 173. The first-order valence-corrected chi connectivity index (χ1v) is 4.98. The van der Waals surface area contributed by atoms with Gasteiger partial charge in [0, 0.05) is 19.7 Å². The predicted molar refractivity (Wildman–Crippen MR) is 56.8 cm³/mol. The lowest BCUT2D eigenvalue weighted by molar-refractivity contribution is -0.126. The van der Waals surface area contributed by atoms with Gasteiger partial charge in [-0.15, -0.1) is 0 Å². The summed E-state index contributed by atoms with van der Waals surface area (Å²) in [7, 11) is 0. The number of carbonyl (C=O) groups is 1. The zero-order valence-electron chi connectivity index (χ0n) is 8.78. The van der Waals surface area contributed by atoms with E-state index in [4.69, 9.17) is 10.8 Å². The second kappa shape index (κ2) is 8.72. The summed E-state index contributed by atoms with van der Waals surface area (Å²) < 4.78 is 0. The van der Waals surface area contributed by atoms with E-state index in [0.29, 0.717) is 26.1 Å². The molecule has 0 radical (unpaired) electrons. The number of carbonyl (C=O) groups excluding carboxylic acids is 1. The average molecular weight is 200 g/mol. The van der Waals surface area contributed by atoms with Gasteiger partial charge >= 0.3 is 0 Å². The minimum absolute atomic E-state index is 0.00519.